The number of hydrogen-bond acceptors (Lipinski definition) is 4. The van der Waals surface area contributed by atoms with Crippen molar-refractivity contribution in [3.05, 3.63) is 39.9 Å². The summed E-state index contributed by atoms with van der Waals surface area (Å²) in [4.78, 5) is 14.9. The monoisotopic (exact) mass is 422 g/mol. The maximum Gasteiger partial charge on any atom is 0.274 e. The molecule has 0 saturated heterocycles. The first-order chi connectivity index (χ1) is 10.2. The Kier molecular flexibility index (Phi) is 11.4. The average Bonchev–Trinajstić information content (AvgIpc) is 2.49. The number of rotatable bonds is 8. The molecule has 124 valence electrons. The second-order valence-corrected chi connectivity index (χ2v) is 4.35. The number of nitro groups is 1. The van der Waals surface area contributed by atoms with Crippen LogP contribution < -0.4 is 10.6 Å². The molecule has 0 amide bonds. The summed E-state index contributed by atoms with van der Waals surface area (Å²) in [5, 5.41) is 17.2. The highest BCUT2D eigenvalue weighted by Gasteiger charge is 2.11. The first-order valence-corrected chi connectivity index (χ1v) is 6.92. The molecule has 1 aromatic carbocycles. The minimum atomic E-state index is -0.385. The Balaban J connectivity index is 0.00000441. The van der Waals surface area contributed by atoms with Gasteiger partial charge in [-0.25, -0.2) is 4.99 Å². The number of nitrogens with one attached hydrogen (secondary N) is 2. The number of para-hydroxylation sites is 1. The Morgan fingerprint density at radius 1 is 1.36 bits per heavy atom. The average molecular weight is 422 g/mol. The summed E-state index contributed by atoms with van der Waals surface area (Å²) in [6.45, 7) is 4.37. The third kappa shape index (κ3) is 7.55. The van der Waals surface area contributed by atoms with Crippen LogP contribution in [0.15, 0.2) is 29.3 Å². The van der Waals surface area contributed by atoms with Gasteiger partial charge in [-0.2, -0.15) is 0 Å². The summed E-state index contributed by atoms with van der Waals surface area (Å²) in [6, 6.07) is 6.64. The summed E-state index contributed by atoms with van der Waals surface area (Å²) < 4.78 is 4.98. The first-order valence-electron chi connectivity index (χ1n) is 6.92. The fraction of sp³-hybridized carbons (Fsp3) is 0.500. The highest BCUT2D eigenvalue weighted by atomic mass is 127. The standard InChI is InChI=1S/C14H22N4O3.HI/c1-3-15-14(16-9-6-10-21-2)17-11-12-7-4-5-8-13(12)18(19)20;/h4-5,7-8H,3,6,9-11H2,1-2H3,(H2,15,16,17);1H. The van der Waals surface area contributed by atoms with E-state index < -0.39 is 0 Å². The number of benzene rings is 1. The number of ether oxygens (including phenoxy) is 1. The predicted molar refractivity (Wildman–Crippen MR) is 97.8 cm³/mol. The normalized spacial score (nSPS) is 10.7. The molecule has 0 radical (unpaired) electrons. The van der Waals surface area contributed by atoms with Crippen LogP contribution in [0.25, 0.3) is 0 Å². The lowest BCUT2D eigenvalue weighted by Gasteiger charge is -2.11. The number of hydrogen-bond donors (Lipinski definition) is 2. The molecule has 0 atom stereocenters. The topological polar surface area (TPSA) is 88.8 Å². The zero-order chi connectivity index (χ0) is 15.5. The molecule has 1 rings (SSSR count). The van der Waals surface area contributed by atoms with Crippen LogP contribution in [-0.2, 0) is 11.3 Å². The molecule has 0 unspecified atom stereocenters. The van der Waals surface area contributed by atoms with Gasteiger partial charge in [-0.1, -0.05) is 18.2 Å². The highest BCUT2D eigenvalue weighted by Crippen LogP contribution is 2.18. The van der Waals surface area contributed by atoms with Crippen molar-refractivity contribution in [2.24, 2.45) is 4.99 Å². The van der Waals surface area contributed by atoms with Gasteiger partial charge in [-0.15, -0.1) is 24.0 Å². The largest absolute Gasteiger partial charge is 0.385 e. The van der Waals surface area contributed by atoms with Crippen molar-refractivity contribution < 1.29 is 9.66 Å². The molecule has 1 aromatic rings. The van der Waals surface area contributed by atoms with E-state index in [1.54, 1.807) is 25.3 Å². The predicted octanol–water partition coefficient (Wildman–Crippen LogP) is 2.30. The molecule has 0 bridgehead atoms. The van der Waals surface area contributed by atoms with Crippen LogP contribution in [0.5, 0.6) is 0 Å². The van der Waals surface area contributed by atoms with Crippen molar-refractivity contribution in [1.82, 2.24) is 10.6 Å². The first kappa shape index (κ1) is 20.6. The minimum Gasteiger partial charge on any atom is -0.385 e. The van der Waals surface area contributed by atoms with E-state index in [0.29, 0.717) is 18.1 Å². The van der Waals surface area contributed by atoms with Gasteiger partial charge in [0.05, 0.1) is 17.0 Å². The van der Waals surface area contributed by atoms with E-state index in [9.17, 15) is 10.1 Å². The summed E-state index contributed by atoms with van der Waals surface area (Å²) in [7, 11) is 1.66. The Morgan fingerprint density at radius 2 is 2.09 bits per heavy atom. The molecule has 0 fully saturated rings. The van der Waals surface area contributed by atoms with E-state index in [-0.39, 0.29) is 41.1 Å². The van der Waals surface area contributed by atoms with Crippen LogP contribution in [0.4, 0.5) is 5.69 Å². The molecule has 22 heavy (non-hydrogen) atoms. The molecule has 0 saturated carbocycles. The van der Waals surface area contributed by atoms with Gasteiger partial charge in [0.2, 0.25) is 0 Å². The lowest BCUT2D eigenvalue weighted by atomic mass is 10.2. The summed E-state index contributed by atoms with van der Waals surface area (Å²) in [5.74, 6) is 0.645. The van der Waals surface area contributed by atoms with E-state index in [1.807, 2.05) is 6.92 Å². The molecular weight excluding hydrogens is 399 g/mol. The molecule has 0 aromatic heterocycles. The number of nitrogens with zero attached hydrogens (tertiary/aromatic N) is 2. The molecule has 0 spiro atoms. The minimum absolute atomic E-state index is 0. The molecule has 0 aliphatic carbocycles. The molecular formula is C14H23IN4O3. The van der Waals surface area contributed by atoms with Crippen LogP contribution in [0.2, 0.25) is 0 Å². The van der Waals surface area contributed by atoms with Gasteiger partial charge in [-0.05, 0) is 13.3 Å². The number of nitro benzene ring substituents is 1. The molecule has 0 heterocycles. The molecule has 7 nitrogen and oxygen atoms in total. The lowest BCUT2D eigenvalue weighted by Crippen LogP contribution is -2.38. The zero-order valence-electron chi connectivity index (χ0n) is 12.9. The number of halogens is 1. The van der Waals surface area contributed by atoms with Crippen molar-refractivity contribution in [2.45, 2.75) is 19.9 Å². The third-order valence-corrected chi connectivity index (χ3v) is 2.76. The lowest BCUT2D eigenvalue weighted by molar-refractivity contribution is -0.385. The van der Waals surface area contributed by atoms with Gasteiger partial charge in [0.1, 0.15) is 0 Å². The van der Waals surface area contributed by atoms with E-state index >= 15 is 0 Å². The third-order valence-electron chi connectivity index (χ3n) is 2.76. The van der Waals surface area contributed by atoms with Crippen molar-refractivity contribution in [3.8, 4) is 0 Å². The van der Waals surface area contributed by atoms with Crippen molar-refractivity contribution in [1.29, 1.82) is 0 Å². The Hall–Kier alpha value is -1.42. The summed E-state index contributed by atoms with van der Waals surface area (Å²) in [5.41, 5.74) is 0.688. The van der Waals surface area contributed by atoms with Gasteiger partial charge in [0, 0.05) is 32.9 Å². The molecule has 0 aliphatic heterocycles. The maximum absolute atomic E-state index is 10.9. The van der Waals surface area contributed by atoms with E-state index in [2.05, 4.69) is 15.6 Å². The SMILES string of the molecule is CCNC(=NCc1ccccc1[N+](=O)[O-])NCCCOC.I. The van der Waals surface area contributed by atoms with Gasteiger partial charge in [0.25, 0.3) is 5.69 Å². The fourth-order valence-corrected chi connectivity index (χ4v) is 1.75. The van der Waals surface area contributed by atoms with Crippen LogP contribution in [-0.4, -0.2) is 37.7 Å². The van der Waals surface area contributed by atoms with Gasteiger partial charge >= 0.3 is 0 Å². The second-order valence-electron chi connectivity index (χ2n) is 4.35. The molecule has 8 heteroatoms. The number of methoxy groups -OCH3 is 1. The van der Waals surface area contributed by atoms with Crippen molar-refractivity contribution in [3.63, 3.8) is 0 Å². The van der Waals surface area contributed by atoms with Gasteiger partial charge in [0.15, 0.2) is 5.96 Å². The van der Waals surface area contributed by atoms with Crippen molar-refractivity contribution in [2.75, 3.05) is 26.8 Å². The Morgan fingerprint density at radius 3 is 2.73 bits per heavy atom. The van der Waals surface area contributed by atoms with E-state index in [0.717, 1.165) is 19.5 Å². The van der Waals surface area contributed by atoms with Crippen LogP contribution in [0.1, 0.15) is 18.9 Å². The highest BCUT2D eigenvalue weighted by molar-refractivity contribution is 14.0. The Bertz CT molecular complexity index is 483. The molecule has 2 N–H and O–H groups in total. The molecule has 0 aliphatic rings. The van der Waals surface area contributed by atoms with Gasteiger partial charge < -0.3 is 15.4 Å². The summed E-state index contributed by atoms with van der Waals surface area (Å²) >= 11 is 0. The summed E-state index contributed by atoms with van der Waals surface area (Å²) in [6.07, 6.45) is 0.867. The fourth-order valence-electron chi connectivity index (χ4n) is 1.75. The van der Waals surface area contributed by atoms with Crippen LogP contribution in [0.3, 0.4) is 0 Å². The van der Waals surface area contributed by atoms with E-state index in [4.69, 9.17) is 4.74 Å². The van der Waals surface area contributed by atoms with Crippen LogP contribution >= 0.6 is 24.0 Å². The maximum atomic E-state index is 10.9. The van der Waals surface area contributed by atoms with Crippen LogP contribution in [0, 0.1) is 10.1 Å². The quantitative estimate of drug-likeness (QED) is 0.168. The smallest absolute Gasteiger partial charge is 0.274 e. The van der Waals surface area contributed by atoms with Crippen molar-refractivity contribution >= 4 is 35.6 Å². The van der Waals surface area contributed by atoms with E-state index in [1.165, 1.54) is 6.07 Å². The Labute approximate surface area is 147 Å². The van der Waals surface area contributed by atoms with Gasteiger partial charge in [-0.3, -0.25) is 10.1 Å². The second kappa shape index (κ2) is 12.2. The number of aliphatic imine (C=N–C) groups is 1. The number of guanidine groups is 1. The zero-order valence-corrected chi connectivity index (χ0v) is 15.2.